The average Bonchev–Trinajstić information content (AvgIpc) is 2.38. The fourth-order valence-electron chi connectivity index (χ4n) is 2.08. The molecule has 0 aliphatic rings. The Morgan fingerprint density at radius 2 is 2.00 bits per heavy atom. The molecule has 1 amide bonds. The van der Waals surface area contributed by atoms with Crippen molar-refractivity contribution in [2.45, 2.75) is 19.9 Å². The van der Waals surface area contributed by atoms with Crippen LogP contribution >= 0.6 is 11.6 Å². The van der Waals surface area contributed by atoms with Gasteiger partial charge in [0.15, 0.2) is 0 Å². The van der Waals surface area contributed by atoms with Crippen molar-refractivity contribution in [3.8, 4) is 0 Å². The Kier molecular flexibility index (Phi) is 4.30. The Morgan fingerprint density at radius 3 is 2.65 bits per heavy atom. The molecule has 3 N–H and O–H groups in total. The van der Waals surface area contributed by atoms with E-state index in [1.54, 1.807) is 18.2 Å². The summed E-state index contributed by atoms with van der Waals surface area (Å²) in [5, 5.41) is 3.62. The van der Waals surface area contributed by atoms with Crippen molar-refractivity contribution < 1.29 is 4.79 Å². The lowest BCUT2D eigenvalue weighted by Gasteiger charge is -2.15. The highest BCUT2D eigenvalue weighted by Gasteiger charge is 2.13. The van der Waals surface area contributed by atoms with Crippen LogP contribution in [0.1, 0.15) is 34.5 Å². The van der Waals surface area contributed by atoms with Crippen LogP contribution in [0.25, 0.3) is 0 Å². The summed E-state index contributed by atoms with van der Waals surface area (Å²) in [5.74, 6) is -0.116. The number of carbonyl (C=O) groups excluding carboxylic acids is 1. The number of nitrogens with two attached hydrogens (primary N) is 1. The van der Waals surface area contributed by atoms with Gasteiger partial charge in [-0.1, -0.05) is 23.7 Å². The lowest BCUT2D eigenvalue weighted by Crippen LogP contribution is -2.27. The molecule has 2 rings (SSSR count). The summed E-state index contributed by atoms with van der Waals surface area (Å²) in [6.45, 7) is 3.80. The maximum absolute atomic E-state index is 12.3. The quantitative estimate of drug-likeness (QED) is 0.846. The Bertz CT molecular complexity index is 640. The van der Waals surface area contributed by atoms with Gasteiger partial charge in [0.2, 0.25) is 0 Å². The maximum atomic E-state index is 12.3. The van der Waals surface area contributed by atoms with Gasteiger partial charge in [-0.05, 0) is 55.3 Å². The minimum atomic E-state index is -0.116. The smallest absolute Gasteiger partial charge is 0.252 e. The van der Waals surface area contributed by atoms with E-state index < -0.39 is 0 Å². The number of nitrogen functional groups attached to an aromatic ring is 1. The Hall–Kier alpha value is -2.00. The standard InChI is InChI=1S/C16H17ClN2O/c1-10-8-14(18)6-7-15(10)16(20)19-11(2)12-4-3-5-13(17)9-12/h3-9,11H,18H2,1-2H3,(H,19,20). The van der Waals surface area contributed by atoms with E-state index in [1.165, 1.54) is 0 Å². The first-order valence-corrected chi connectivity index (χ1v) is 6.77. The topological polar surface area (TPSA) is 55.1 Å². The third-order valence-corrected chi connectivity index (χ3v) is 3.43. The maximum Gasteiger partial charge on any atom is 0.252 e. The Morgan fingerprint density at radius 1 is 1.25 bits per heavy atom. The molecule has 0 fully saturated rings. The van der Waals surface area contributed by atoms with Crippen LogP contribution in [-0.2, 0) is 0 Å². The molecule has 2 aromatic carbocycles. The van der Waals surface area contributed by atoms with Crippen molar-refractivity contribution in [2.75, 3.05) is 5.73 Å². The molecule has 0 heterocycles. The highest BCUT2D eigenvalue weighted by molar-refractivity contribution is 6.30. The van der Waals surface area contributed by atoms with E-state index in [0.717, 1.165) is 11.1 Å². The third kappa shape index (κ3) is 3.31. The zero-order valence-corrected chi connectivity index (χ0v) is 12.2. The summed E-state index contributed by atoms with van der Waals surface area (Å²) in [4.78, 5) is 12.3. The number of benzene rings is 2. The monoisotopic (exact) mass is 288 g/mol. The van der Waals surface area contributed by atoms with Crippen LogP contribution in [0.3, 0.4) is 0 Å². The lowest BCUT2D eigenvalue weighted by molar-refractivity contribution is 0.0939. The largest absolute Gasteiger partial charge is 0.399 e. The van der Waals surface area contributed by atoms with Crippen LogP contribution in [0.15, 0.2) is 42.5 Å². The van der Waals surface area contributed by atoms with Crippen molar-refractivity contribution >= 4 is 23.2 Å². The number of hydrogen-bond donors (Lipinski definition) is 2. The first-order valence-electron chi connectivity index (χ1n) is 6.40. The van der Waals surface area contributed by atoms with E-state index in [9.17, 15) is 4.79 Å². The third-order valence-electron chi connectivity index (χ3n) is 3.19. The number of carbonyl (C=O) groups is 1. The van der Waals surface area contributed by atoms with Crippen LogP contribution in [-0.4, -0.2) is 5.91 Å². The van der Waals surface area contributed by atoms with Crippen molar-refractivity contribution in [2.24, 2.45) is 0 Å². The molecular weight excluding hydrogens is 272 g/mol. The molecular formula is C16H17ClN2O. The molecule has 0 aliphatic carbocycles. The van der Waals surface area contributed by atoms with Gasteiger partial charge < -0.3 is 11.1 Å². The van der Waals surface area contributed by atoms with Gasteiger partial charge in [0.1, 0.15) is 0 Å². The second-order valence-electron chi connectivity index (χ2n) is 4.82. The van der Waals surface area contributed by atoms with Crippen LogP contribution in [0.2, 0.25) is 5.02 Å². The second kappa shape index (κ2) is 5.97. The molecule has 0 saturated heterocycles. The summed E-state index contributed by atoms with van der Waals surface area (Å²) in [6.07, 6.45) is 0. The van der Waals surface area contributed by atoms with E-state index in [1.807, 2.05) is 38.1 Å². The molecule has 2 aromatic rings. The van der Waals surface area contributed by atoms with E-state index in [2.05, 4.69) is 5.32 Å². The number of halogens is 1. The molecule has 1 atom stereocenters. The summed E-state index contributed by atoms with van der Waals surface area (Å²) >= 11 is 5.96. The minimum absolute atomic E-state index is 0.113. The molecule has 20 heavy (non-hydrogen) atoms. The van der Waals surface area contributed by atoms with Crippen molar-refractivity contribution in [3.05, 3.63) is 64.2 Å². The van der Waals surface area contributed by atoms with Crippen LogP contribution in [0.4, 0.5) is 5.69 Å². The minimum Gasteiger partial charge on any atom is -0.399 e. The van der Waals surface area contributed by atoms with E-state index in [4.69, 9.17) is 17.3 Å². The predicted octanol–water partition coefficient (Wildman–Crippen LogP) is 3.72. The van der Waals surface area contributed by atoms with Gasteiger partial charge >= 0.3 is 0 Å². The van der Waals surface area contributed by atoms with Gasteiger partial charge in [0.25, 0.3) is 5.91 Å². The first kappa shape index (κ1) is 14.4. The fourth-order valence-corrected chi connectivity index (χ4v) is 2.27. The van der Waals surface area contributed by atoms with Gasteiger partial charge in [0, 0.05) is 16.3 Å². The van der Waals surface area contributed by atoms with Crippen molar-refractivity contribution in [1.82, 2.24) is 5.32 Å². The van der Waals surface area contributed by atoms with Gasteiger partial charge in [-0.3, -0.25) is 4.79 Å². The lowest BCUT2D eigenvalue weighted by atomic mass is 10.1. The number of hydrogen-bond acceptors (Lipinski definition) is 2. The summed E-state index contributed by atoms with van der Waals surface area (Å²) in [5.41, 5.74) is 8.81. The number of anilines is 1. The predicted molar refractivity (Wildman–Crippen MR) is 82.9 cm³/mol. The van der Waals surface area contributed by atoms with Gasteiger partial charge in [-0.2, -0.15) is 0 Å². The number of aryl methyl sites for hydroxylation is 1. The number of rotatable bonds is 3. The molecule has 0 radical (unpaired) electrons. The van der Waals surface area contributed by atoms with Gasteiger partial charge in [-0.15, -0.1) is 0 Å². The second-order valence-corrected chi connectivity index (χ2v) is 5.26. The van der Waals surface area contributed by atoms with Gasteiger partial charge in [-0.25, -0.2) is 0 Å². The van der Waals surface area contributed by atoms with Crippen molar-refractivity contribution in [1.29, 1.82) is 0 Å². The molecule has 0 spiro atoms. The normalized spacial score (nSPS) is 11.9. The number of amides is 1. The van der Waals surface area contributed by atoms with E-state index >= 15 is 0 Å². The average molecular weight is 289 g/mol. The van der Waals surface area contributed by atoms with Gasteiger partial charge in [0.05, 0.1) is 6.04 Å². The molecule has 0 saturated carbocycles. The summed E-state index contributed by atoms with van der Waals surface area (Å²) in [6, 6.07) is 12.6. The highest BCUT2D eigenvalue weighted by Crippen LogP contribution is 2.19. The molecule has 4 heteroatoms. The Balaban J connectivity index is 2.15. The zero-order chi connectivity index (χ0) is 14.7. The molecule has 1 unspecified atom stereocenters. The summed E-state index contributed by atoms with van der Waals surface area (Å²) < 4.78 is 0. The SMILES string of the molecule is Cc1cc(N)ccc1C(=O)NC(C)c1cccc(Cl)c1. The van der Waals surface area contributed by atoms with Crippen LogP contribution in [0, 0.1) is 6.92 Å². The highest BCUT2D eigenvalue weighted by atomic mass is 35.5. The van der Waals surface area contributed by atoms with E-state index in [0.29, 0.717) is 16.3 Å². The van der Waals surface area contributed by atoms with Crippen LogP contribution in [0.5, 0.6) is 0 Å². The molecule has 104 valence electrons. The fraction of sp³-hybridized carbons (Fsp3) is 0.188. The molecule has 0 bridgehead atoms. The van der Waals surface area contributed by atoms with Crippen molar-refractivity contribution in [3.63, 3.8) is 0 Å². The van der Waals surface area contributed by atoms with E-state index in [-0.39, 0.29) is 11.9 Å². The Labute approximate surface area is 123 Å². The molecule has 3 nitrogen and oxygen atoms in total. The first-order chi connectivity index (χ1) is 9.47. The number of nitrogens with one attached hydrogen (secondary N) is 1. The zero-order valence-electron chi connectivity index (χ0n) is 11.5. The molecule has 0 aliphatic heterocycles. The summed E-state index contributed by atoms with van der Waals surface area (Å²) in [7, 11) is 0. The van der Waals surface area contributed by atoms with Crippen LogP contribution < -0.4 is 11.1 Å². The molecule has 0 aromatic heterocycles.